The third-order valence-electron chi connectivity index (χ3n) is 5.28. The van der Waals surface area contributed by atoms with E-state index in [-0.39, 0.29) is 11.7 Å². The number of aromatic amines is 1. The van der Waals surface area contributed by atoms with Gasteiger partial charge in [0.05, 0.1) is 31.8 Å². The molecule has 1 aliphatic carbocycles. The van der Waals surface area contributed by atoms with Crippen molar-refractivity contribution >= 4 is 23.2 Å². The predicted octanol–water partition coefficient (Wildman–Crippen LogP) is 3.58. The lowest BCUT2D eigenvalue weighted by Crippen LogP contribution is -2.09. The first-order chi connectivity index (χ1) is 15.0. The Bertz CT molecular complexity index is 1210. The van der Waals surface area contributed by atoms with Crippen molar-refractivity contribution < 1.29 is 18.7 Å². The number of anilines is 1. The first kappa shape index (κ1) is 20.4. The summed E-state index contributed by atoms with van der Waals surface area (Å²) in [4.78, 5) is 11.8. The highest BCUT2D eigenvalue weighted by molar-refractivity contribution is 6.01. The minimum atomic E-state index is -0.432. The molecule has 0 saturated carbocycles. The lowest BCUT2D eigenvalue weighted by atomic mass is 9.90. The number of carbonyl (C=O) groups is 1. The Hall–Kier alpha value is -3.88. The second-order valence-corrected chi connectivity index (χ2v) is 7.05. The van der Waals surface area contributed by atoms with Gasteiger partial charge in [-0.15, -0.1) is 0 Å². The molecule has 1 aliphatic rings. The normalized spacial score (nSPS) is 12.7. The van der Waals surface area contributed by atoms with Crippen LogP contribution in [0.5, 0.6) is 11.5 Å². The maximum atomic E-state index is 14.9. The summed E-state index contributed by atoms with van der Waals surface area (Å²) >= 11 is 0. The van der Waals surface area contributed by atoms with Gasteiger partial charge < -0.3 is 14.8 Å². The number of halogens is 1. The molecule has 2 heterocycles. The zero-order valence-corrected chi connectivity index (χ0v) is 17.5. The number of allylic oxidation sites excluding steroid dienone is 1. The predicted molar refractivity (Wildman–Crippen MR) is 115 cm³/mol. The number of H-pyrrole nitrogens is 1. The Balaban J connectivity index is 1.76. The van der Waals surface area contributed by atoms with Gasteiger partial charge in [0.15, 0.2) is 11.6 Å². The first-order valence-corrected chi connectivity index (χ1v) is 9.62. The smallest absolute Gasteiger partial charge is 0.247 e. The number of nitrogens with one attached hydrogen (secondary N) is 2. The fourth-order valence-corrected chi connectivity index (χ4v) is 3.73. The van der Waals surface area contributed by atoms with E-state index in [1.807, 2.05) is 6.08 Å². The molecule has 3 aromatic rings. The molecule has 0 radical (unpaired) electrons. The number of ether oxygens (including phenoxy) is 2. The van der Waals surface area contributed by atoms with Gasteiger partial charge in [0.2, 0.25) is 5.91 Å². The molecular weight excluding hydrogens is 401 g/mol. The van der Waals surface area contributed by atoms with Crippen molar-refractivity contribution in [3.05, 3.63) is 53.6 Å². The Labute approximate surface area is 178 Å². The van der Waals surface area contributed by atoms with Gasteiger partial charge in [-0.1, -0.05) is 6.58 Å². The Morgan fingerprint density at radius 2 is 2.13 bits per heavy atom. The Morgan fingerprint density at radius 1 is 1.32 bits per heavy atom. The molecule has 9 heteroatoms. The number of fused-ring (bicyclic) bond motifs is 1. The van der Waals surface area contributed by atoms with Crippen LogP contribution in [0, 0.1) is 5.82 Å². The summed E-state index contributed by atoms with van der Waals surface area (Å²) in [5.41, 5.74) is 4.89. The van der Waals surface area contributed by atoms with Crippen LogP contribution in [0.25, 0.3) is 23.0 Å². The fourth-order valence-electron chi connectivity index (χ4n) is 3.73. The standard InChI is InChI=1S/C22H22FN5O3/c1-5-19(29)25-17-11-24-28(2)22(17)21-14-7-6-12(8-16(14)26-27-21)15-9-13(30-3)10-18(31-4)20(15)23/h5,8-11H,1,6-7H2,2-4H3,(H,25,29)(H,26,27). The number of aromatic nitrogens is 4. The largest absolute Gasteiger partial charge is 0.497 e. The summed E-state index contributed by atoms with van der Waals surface area (Å²) in [6.07, 6.45) is 5.87. The van der Waals surface area contributed by atoms with E-state index in [0.717, 1.165) is 16.8 Å². The molecule has 4 rings (SSSR count). The molecular formula is C22H22FN5O3. The van der Waals surface area contributed by atoms with Gasteiger partial charge in [0.1, 0.15) is 17.1 Å². The Kier molecular flexibility index (Phi) is 5.33. The lowest BCUT2D eigenvalue weighted by molar-refractivity contribution is -0.111. The molecule has 2 aromatic heterocycles. The second-order valence-electron chi connectivity index (χ2n) is 7.05. The van der Waals surface area contributed by atoms with Crippen LogP contribution in [0.15, 0.2) is 31.0 Å². The van der Waals surface area contributed by atoms with Crippen LogP contribution in [0.2, 0.25) is 0 Å². The summed E-state index contributed by atoms with van der Waals surface area (Å²) in [6.45, 7) is 3.48. The average Bonchev–Trinajstić information content (AvgIpc) is 3.35. The molecule has 8 nitrogen and oxygen atoms in total. The van der Waals surface area contributed by atoms with Gasteiger partial charge in [-0.2, -0.15) is 10.2 Å². The highest BCUT2D eigenvalue weighted by atomic mass is 19.1. The molecule has 1 amide bonds. The second kappa shape index (κ2) is 8.10. The molecule has 0 spiro atoms. The van der Waals surface area contributed by atoms with Crippen molar-refractivity contribution in [2.75, 3.05) is 19.5 Å². The van der Waals surface area contributed by atoms with E-state index in [0.29, 0.717) is 41.2 Å². The number of methoxy groups -OCH3 is 2. The first-order valence-electron chi connectivity index (χ1n) is 9.62. The SMILES string of the molecule is C=CC(=O)Nc1cnn(C)c1-c1n[nH]c2c1CCC(c1cc(OC)cc(OC)c1F)=C2. The van der Waals surface area contributed by atoms with Gasteiger partial charge in [-0.3, -0.25) is 14.6 Å². The number of nitrogens with zero attached hydrogens (tertiary/aromatic N) is 3. The molecule has 0 unspecified atom stereocenters. The molecule has 0 saturated heterocycles. The molecule has 31 heavy (non-hydrogen) atoms. The van der Waals surface area contributed by atoms with Crippen LogP contribution >= 0.6 is 0 Å². The Morgan fingerprint density at radius 3 is 2.84 bits per heavy atom. The number of hydrogen-bond donors (Lipinski definition) is 2. The highest BCUT2D eigenvalue weighted by Gasteiger charge is 2.25. The summed E-state index contributed by atoms with van der Waals surface area (Å²) in [6, 6.07) is 3.18. The van der Waals surface area contributed by atoms with Crippen LogP contribution in [-0.2, 0) is 18.3 Å². The van der Waals surface area contributed by atoms with Gasteiger partial charge in [-0.25, -0.2) is 4.39 Å². The van der Waals surface area contributed by atoms with Crippen molar-refractivity contribution in [3.8, 4) is 22.9 Å². The molecule has 1 aromatic carbocycles. The summed E-state index contributed by atoms with van der Waals surface area (Å²) < 4.78 is 27.0. The van der Waals surface area contributed by atoms with E-state index in [4.69, 9.17) is 9.47 Å². The van der Waals surface area contributed by atoms with E-state index in [1.54, 1.807) is 24.0 Å². The lowest BCUT2D eigenvalue weighted by Gasteiger charge is -2.17. The van der Waals surface area contributed by atoms with E-state index >= 15 is 0 Å². The fraction of sp³-hybridized carbons (Fsp3) is 0.227. The zero-order valence-electron chi connectivity index (χ0n) is 17.5. The highest BCUT2D eigenvalue weighted by Crippen LogP contribution is 2.39. The molecule has 0 fully saturated rings. The molecule has 0 aliphatic heterocycles. The molecule has 0 atom stereocenters. The van der Waals surface area contributed by atoms with Crippen molar-refractivity contribution in [1.29, 1.82) is 0 Å². The maximum absolute atomic E-state index is 14.9. The van der Waals surface area contributed by atoms with Crippen molar-refractivity contribution in [1.82, 2.24) is 20.0 Å². The van der Waals surface area contributed by atoms with Crippen LogP contribution < -0.4 is 14.8 Å². The van der Waals surface area contributed by atoms with E-state index < -0.39 is 5.82 Å². The van der Waals surface area contributed by atoms with Crippen LogP contribution in [-0.4, -0.2) is 40.1 Å². The average molecular weight is 423 g/mol. The number of carbonyl (C=O) groups excluding carboxylic acids is 1. The third-order valence-corrected chi connectivity index (χ3v) is 5.28. The van der Waals surface area contributed by atoms with Gasteiger partial charge in [-0.05, 0) is 36.6 Å². The topological polar surface area (TPSA) is 94.1 Å². The number of aryl methyl sites for hydroxylation is 1. The number of rotatable bonds is 6. The van der Waals surface area contributed by atoms with Gasteiger partial charge in [0, 0.05) is 24.2 Å². The van der Waals surface area contributed by atoms with Gasteiger partial charge in [0.25, 0.3) is 0 Å². The molecule has 2 N–H and O–H groups in total. The van der Waals surface area contributed by atoms with Crippen LogP contribution in [0.4, 0.5) is 10.1 Å². The van der Waals surface area contributed by atoms with Crippen molar-refractivity contribution in [3.63, 3.8) is 0 Å². The maximum Gasteiger partial charge on any atom is 0.247 e. The van der Waals surface area contributed by atoms with Gasteiger partial charge >= 0.3 is 0 Å². The monoisotopic (exact) mass is 423 g/mol. The minimum absolute atomic E-state index is 0.129. The third kappa shape index (κ3) is 3.58. The van der Waals surface area contributed by atoms with Crippen LogP contribution in [0.3, 0.4) is 0 Å². The zero-order chi connectivity index (χ0) is 22.1. The van der Waals surface area contributed by atoms with Crippen molar-refractivity contribution in [2.24, 2.45) is 7.05 Å². The minimum Gasteiger partial charge on any atom is -0.497 e. The molecule has 0 bridgehead atoms. The van der Waals surface area contributed by atoms with E-state index in [9.17, 15) is 9.18 Å². The van der Waals surface area contributed by atoms with E-state index in [2.05, 4.69) is 27.2 Å². The number of benzene rings is 1. The summed E-state index contributed by atoms with van der Waals surface area (Å²) in [7, 11) is 4.73. The van der Waals surface area contributed by atoms with E-state index in [1.165, 1.54) is 26.4 Å². The van der Waals surface area contributed by atoms with Crippen LogP contribution in [0.1, 0.15) is 23.2 Å². The van der Waals surface area contributed by atoms with Crippen molar-refractivity contribution in [2.45, 2.75) is 12.8 Å². The number of hydrogen-bond acceptors (Lipinski definition) is 5. The summed E-state index contributed by atoms with van der Waals surface area (Å²) in [5, 5.41) is 14.5. The quantitative estimate of drug-likeness (QED) is 0.591. The molecule has 160 valence electrons. The summed E-state index contributed by atoms with van der Waals surface area (Å²) in [5.74, 6) is -0.117. The number of amides is 1.